The number of aliphatic hydroxyl groups excluding tert-OH is 1. The molecule has 0 aliphatic heterocycles. The molecular weight excluding hydrogens is 147 g/mol. The zero-order chi connectivity index (χ0) is 8.43. The van der Waals surface area contributed by atoms with E-state index in [-0.39, 0.29) is 5.82 Å². The van der Waals surface area contributed by atoms with Crippen LogP contribution in [0.5, 0.6) is 0 Å². The summed E-state index contributed by atoms with van der Waals surface area (Å²) in [6.45, 7) is 1.62. The van der Waals surface area contributed by atoms with Crippen molar-refractivity contribution in [2.45, 2.75) is 13.2 Å². The van der Waals surface area contributed by atoms with Crippen molar-refractivity contribution < 1.29 is 14.6 Å². The molecule has 0 amide bonds. The molecule has 2 N–H and O–H groups in total. The number of rotatable bonds is 1. The molecule has 1 aromatic rings. The molecule has 0 aliphatic carbocycles. The van der Waals surface area contributed by atoms with Crippen LogP contribution in [0.1, 0.15) is 17.4 Å². The van der Waals surface area contributed by atoms with E-state index in [9.17, 15) is 4.39 Å². The molecule has 0 radical (unpaired) electrons. The largest absolute Gasteiger partial charge is 0.364 e. The lowest BCUT2D eigenvalue weighted by Crippen LogP contribution is -1.97. The molecule has 0 spiro atoms. The molecule has 0 heterocycles. The molecule has 0 aromatic heterocycles. The highest BCUT2D eigenvalue weighted by Crippen LogP contribution is 2.15. The van der Waals surface area contributed by atoms with E-state index in [4.69, 9.17) is 10.2 Å². The topological polar surface area (TPSA) is 40.5 Å². The maximum Gasteiger partial charge on any atom is 0.178 e. The van der Waals surface area contributed by atoms with Crippen molar-refractivity contribution in [1.29, 1.82) is 0 Å². The molecule has 2 nitrogen and oxygen atoms in total. The number of hydrogen-bond donors (Lipinski definition) is 2. The first-order chi connectivity index (χ1) is 5.11. The van der Waals surface area contributed by atoms with Gasteiger partial charge in [0, 0.05) is 5.56 Å². The summed E-state index contributed by atoms with van der Waals surface area (Å²) in [6.07, 6.45) is -1.52. The van der Waals surface area contributed by atoms with Crippen molar-refractivity contribution in [1.82, 2.24) is 0 Å². The average Bonchev–Trinajstić information content (AvgIpc) is 1.85. The van der Waals surface area contributed by atoms with E-state index in [0.29, 0.717) is 11.1 Å². The average molecular weight is 156 g/mol. The van der Waals surface area contributed by atoms with Gasteiger partial charge in [-0.2, -0.15) is 0 Å². The summed E-state index contributed by atoms with van der Waals surface area (Å²) < 4.78 is 12.4. The van der Waals surface area contributed by atoms with Gasteiger partial charge in [-0.15, -0.1) is 0 Å². The van der Waals surface area contributed by atoms with Gasteiger partial charge in [-0.25, -0.2) is 4.39 Å². The fourth-order valence-electron chi connectivity index (χ4n) is 0.929. The third-order valence-corrected chi connectivity index (χ3v) is 1.51. The molecule has 11 heavy (non-hydrogen) atoms. The Hall–Kier alpha value is -0.930. The smallest absolute Gasteiger partial charge is 0.178 e. The molecule has 0 saturated carbocycles. The molecule has 1 rings (SSSR count). The van der Waals surface area contributed by atoms with Crippen LogP contribution in [-0.4, -0.2) is 10.2 Å². The normalized spacial score (nSPS) is 10.6. The third kappa shape index (κ3) is 1.76. The van der Waals surface area contributed by atoms with Gasteiger partial charge in [-0.3, -0.25) is 0 Å². The predicted molar refractivity (Wildman–Crippen MR) is 38.3 cm³/mol. The van der Waals surface area contributed by atoms with Crippen LogP contribution in [0.25, 0.3) is 0 Å². The van der Waals surface area contributed by atoms with E-state index in [1.165, 1.54) is 18.2 Å². The van der Waals surface area contributed by atoms with E-state index in [1.807, 2.05) is 0 Å². The highest BCUT2D eigenvalue weighted by molar-refractivity contribution is 5.27. The summed E-state index contributed by atoms with van der Waals surface area (Å²) in [6, 6.07) is 3.81. The van der Waals surface area contributed by atoms with Crippen LogP contribution in [0.3, 0.4) is 0 Å². The Labute approximate surface area is 63.9 Å². The fraction of sp³-hybridized carbons (Fsp3) is 0.250. The van der Waals surface area contributed by atoms with Gasteiger partial charge in [0.25, 0.3) is 0 Å². The van der Waals surface area contributed by atoms with E-state index in [0.717, 1.165) is 0 Å². The van der Waals surface area contributed by atoms with Crippen molar-refractivity contribution in [3.8, 4) is 0 Å². The first kappa shape index (κ1) is 8.17. The molecule has 60 valence electrons. The Bertz CT molecular complexity index is 258. The second kappa shape index (κ2) is 2.98. The molecule has 0 aliphatic rings. The summed E-state index contributed by atoms with van der Waals surface area (Å²) in [4.78, 5) is 0. The standard InChI is InChI=1S/C8H9FO2/c1-5-4-6(9)2-3-7(5)8(10)11/h2-4,8,10-11H,1H3. The van der Waals surface area contributed by atoms with Crippen molar-refractivity contribution in [3.05, 3.63) is 35.1 Å². The van der Waals surface area contributed by atoms with E-state index < -0.39 is 6.29 Å². The molecule has 1 aromatic carbocycles. The minimum Gasteiger partial charge on any atom is -0.364 e. The van der Waals surface area contributed by atoms with Crippen molar-refractivity contribution >= 4 is 0 Å². The van der Waals surface area contributed by atoms with Crippen LogP contribution in [0.2, 0.25) is 0 Å². The number of aliphatic hydroxyl groups is 2. The van der Waals surface area contributed by atoms with E-state index in [1.54, 1.807) is 6.92 Å². The first-order valence-corrected chi connectivity index (χ1v) is 3.23. The van der Waals surface area contributed by atoms with E-state index in [2.05, 4.69) is 0 Å². The predicted octanol–water partition coefficient (Wildman–Crippen LogP) is 1.12. The molecule has 0 atom stereocenters. The number of halogens is 1. The Morgan fingerprint density at radius 1 is 1.36 bits per heavy atom. The van der Waals surface area contributed by atoms with Crippen molar-refractivity contribution in [2.24, 2.45) is 0 Å². The molecular formula is C8H9FO2. The second-order valence-electron chi connectivity index (χ2n) is 2.37. The van der Waals surface area contributed by atoms with Crippen LogP contribution >= 0.6 is 0 Å². The zero-order valence-electron chi connectivity index (χ0n) is 6.08. The van der Waals surface area contributed by atoms with Gasteiger partial charge in [-0.05, 0) is 24.6 Å². The third-order valence-electron chi connectivity index (χ3n) is 1.51. The number of hydrogen-bond acceptors (Lipinski definition) is 2. The summed E-state index contributed by atoms with van der Waals surface area (Å²) in [5.41, 5.74) is 0.881. The van der Waals surface area contributed by atoms with Crippen LogP contribution in [0, 0.1) is 12.7 Å². The zero-order valence-corrected chi connectivity index (χ0v) is 6.08. The quantitative estimate of drug-likeness (QED) is 0.598. The fourth-order valence-corrected chi connectivity index (χ4v) is 0.929. The number of aryl methyl sites for hydroxylation is 1. The Kier molecular flexibility index (Phi) is 2.22. The van der Waals surface area contributed by atoms with Crippen molar-refractivity contribution in [3.63, 3.8) is 0 Å². The molecule has 0 bridgehead atoms. The van der Waals surface area contributed by atoms with Crippen LogP contribution in [-0.2, 0) is 0 Å². The summed E-state index contributed by atoms with van der Waals surface area (Å²) in [5.74, 6) is -0.369. The second-order valence-corrected chi connectivity index (χ2v) is 2.37. The van der Waals surface area contributed by atoms with Crippen molar-refractivity contribution in [2.75, 3.05) is 0 Å². The maximum atomic E-state index is 12.4. The highest BCUT2D eigenvalue weighted by atomic mass is 19.1. The lowest BCUT2D eigenvalue weighted by Gasteiger charge is -2.06. The van der Waals surface area contributed by atoms with Crippen LogP contribution in [0.4, 0.5) is 4.39 Å². The number of benzene rings is 1. The van der Waals surface area contributed by atoms with Gasteiger partial charge in [0.15, 0.2) is 6.29 Å². The summed E-state index contributed by atoms with van der Waals surface area (Å²) in [7, 11) is 0. The van der Waals surface area contributed by atoms with E-state index >= 15 is 0 Å². The SMILES string of the molecule is Cc1cc(F)ccc1C(O)O. The molecule has 3 heteroatoms. The highest BCUT2D eigenvalue weighted by Gasteiger charge is 2.05. The van der Waals surface area contributed by atoms with Gasteiger partial charge in [0.2, 0.25) is 0 Å². The summed E-state index contributed by atoms with van der Waals surface area (Å²) >= 11 is 0. The minimum atomic E-state index is -1.52. The summed E-state index contributed by atoms with van der Waals surface area (Å²) in [5, 5.41) is 17.5. The van der Waals surface area contributed by atoms with Crippen LogP contribution < -0.4 is 0 Å². The van der Waals surface area contributed by atoms with Gasteiger partial charge in [0.1, 0.15) is 5.82 Å². The minimum absolute atomic E-state index is 0.339. The van der Waals surface area contributed by atoms with Gasteiger partial charge < -0.3 is 10.2 Å². The monoisotopic (exact) mass is 156 g/mol. The Morgan fingerprint density at radius 3 is 2.45 bits per heavy atom. The first-order valence-electron chi connectivity index (χ1n) is 3.23. The Morgan fingerprint density at radius 2 is 2.00 bits per heavy atom. The molecule has 0 saturated heterocycles. The van der Waals surface area contributed by atoms with Gasteiger partial charge >= 0.3 is 0 Å². The van der Waals surface area contributed by atoms with Crippen LogP contribution in [0.15, 0.2) is 18.2 Å². The maximum absolute atomic E-state index is 12.4. The lowest BCUT2D eigenvalue weighted by molar-refractivity contribution is -0.0429. The molecule has 0 fully saturated rings. The molecule has 0 unspecified atom stereocenters. The Balaban J connectivity index is 3.09. The van der Waals surface area contributed by atoms with Gasteiger partial charge in [0.05, 0.1) is 0 Å². The van der Waals surface area contributed by atoms with Gasteiger partial charge in [-0.1, -0.05) is 6.07 Å². The lowest BCUT2D eigenvalue weighted by atomic mass is 10.1.